The molecule has 3 rings (SSSR count). The third-order valence-corrected chi connectivity index (χ3v) is 6.80. The second kappa shape index (κ2) is 10.8. The molecule has 5 nitrogen and oxygen atoms in total. The first-order valence-electron chi connectivity index (χ1n) is 11.3. The van der Waals surface area contributed by atoms with Gasteiger partial charge < -0.3 is 15.7 Å². The van der Waals surface area contributed by atoms with Crippen LogP contribution in [0.2, 0.25) is 0 Å². The number of aliphatic hydroxyl groups excluding tert-OH is 1. The molecular weight excluding hydrogens is 458 g/mol. The van der Waals surface area contributed by atoms with Crippen molar-refractivity contribution in [3.63, 3.8) is 0 Å². The van der Waals surface area contributed by atoms with Crippen molar-refractivity contribution in [2.45, 2.75) is 57.6 Å². The van der Waals surface area contributed by atoms with Gasteiger partial charge in [-0.15, -0.1) is 0 Å². The molecule has 1 heterocycles. The van der Waals surface area contributed by atoms with E-state index in [4.69, 9.17) is 0 Å². The quantitative estimate of drug-likeness (QED) is 0.527. The van der Waals surface area contributed by atoms with Gasteiger partial charge >= 0.3 is 0 Å². The number of carbonyl (C=O) groups is 1. The zero-order chi connectivity index (χ0) is 25.0. The molecule has 8 heteroatoms. The molecule has 0 spiro atoms. The van der Waals surface area contributed by atoms with E-state index in [2.05, 4.69) is 31.4 Å². The Bertz CT molecular complexity index is 1090. The number of hydrogen-bond acceptors (Lipinski definition) is 4. The number of carbonyl (C=O) groups excluding carboxylic acids is 1. The number of hydrogen-bond donors (Lipinski definition) is 3. The minimum Gasteiger partial charge on any atom is -0.389 e. The molecule has 0 saturated carbocycles. The third kappa shape index (κ3) is 7.21. The minimum absolute atomic E-state index is 0.0620. The summed E-state index contributed by atoms with van der Waals surface area (Å²) < 4.78 is 39.7. The molecule has 1 aliphatic rings. The first-order chi connectivity index (χ1) is 15.9. The van der Waals surface area contributed by atoms with Gasteiger partial charge in [0.2, 0.25) is 5.91 Å². The lowest BCUT2D eigenvalue weighted by Gasteiger charge is -2.27. The number of aliphatic hydroxyl groups is 1. The molecule has 3 unspecified atom stereocenters. The van der Waals surface area contributed by atoms with Crippen LogP contribution in [0.15, 0.2) is 47.4 Å². The standard InChI is InChI=1S/C26H32F2N2O3S/c1-16(31)30-23(12-18-9-19(27)13-20(28)10-18)24(32)15-29-22-7-8-34(33)25-6-5-17(11-21(22)25)14-26(2,3)4/h5-7,9-11,13,23-24,29,32H,8,12,14-15H2,1-4H3,(H,30,31). The molecule has 184 valence electrons. The van der Waals surface area contributed by atoms with Gasteiger partial charge in [0.25, 0.3) is 0 Å². The molecule has 0 saturated heterocycles. The fourth-order valence-corrected chi connectivity index (χ4v) is 5.25. The van der Waals surface area contributed by atoms with Crippen LogP contribution in [0.4, 0.5) is 8.78 Å². The molecule has 1 aliphatic heterocycles. The number of benzene rings is 2. The van der Waals surface area contributed by atoms with Gasteiger partial charge in [-0.1, -0.05) is 26.8 Å². The molecule has 0 fully saturated rings. The summed E-state index contributed by atoms with van der Waals surface area (Å²) in [6.07, 6.45) is 1.73. The number of rotatable bonds is 8. The maximum atomic E-state index is 13.6. The fourth-order valence-electron chi connectivity index (χ4n) is 4.12. The van der Waals surface area contributed by atoms with E-state index in [9.17, 15) is 22.9 Å². The van der Waals surface area contributed by atoms with Crippen LogP contribution in [0, 0.1) is 17.0 Å². The van der Waals surface area contributed by atoms with Crippen LogP contribution >= 0.6 is 0 Å². The van der Waals surface area contributed by atoms with E-state index in [1.54, 1.807) is 0 Å². The average Bonchev–Trinajstić information content (AvgIpc) is 2.70. The van der Waals surface area contributed by atoms with Crippen LogP contribution in [0.25, 0.3) is 5.70 Å². The zero-order valence-corrected chi connectivity index (χ0v) is 20.8. The highest BCUT2D eigenvalue weighted by Gasteiger charge is 2.24. The van der Waals surface area contributed by atoms with E-state index in [-0.39, 0.29) is 24.3 Å². The average molecular weight is 491 g/mol. The van der Waals surface area contributed by atoms with Gasteiger partial charge in [-0.2, -0.15) is 0 Å². The normalized spacial score (nSPS) is 17.4. The van der Waals surface area contributed by atoms with Crippen molar-refractivity contribution in [2.75, 3.05) is 12.3 Å². The Labute approximate surface area is 202 Å². The molecule has 34 heavy (non-hydrogen) atoms. The summed E-state index contributed by atoms with van der Waals surface area (Å²) in [5.41, 5.74) is 3.16. The summed E-state index contributed by atoms with van der Waals surface area (Å²) in [5, 5.41) is 16.7. The summed E-state index contributed by atoms with van der Waals surface area (Å²) in [4.78, 5) is 12.4. The fraction of sp³-hybridized carbons (Fsp3) is 0.423. The van der Waals surface area contributed by atoms with Gasteiger partial charge in [-0.05, 0) is 59.7 Å². The van der Waals surface area contributed by atoms with E-state index in [0.717, 1.165) is 34.2 Å². The van der Waals surface area contributed by atoms with Crippen molar-refractivity contribution in [1.29, 1.82) is 0 Å². The largest absolute Gasteiger partial charge is 0.389 e. The third-order valence-electron chi connectivity index (χ3n) is 5.49. The number of fused-ring (bicyclic) bond motifs is 1. The van der Waals surface area contributed by atoms with Gasteiger partial charge in [0, 0.05) is 41.4 Å². The molecule has 0 aliphatic carbocycles. The highest BCUT2D eigenvalue weighted by atomic mass is 32.2. The molecule has 3 atom stereocenters. The summed E-state index contributed by atoms with van der Waals surface area (Å²) in [6, 6.07) is 8.33. The second-order valence-electron chi connectivity index (χ2n) is 9.94. The van der Waals surface area contributed by atoms with Crippen LogP contribution in [0.3, 0.4) is 0 Å². The SMILES string of the molecule is CC(=O)NC(Cc1cc(F)cc(F)c1)C(O)CNC1=CCS(=O)c2ccc(CC(C)(C)C)cc21. The molecule has 2 aromatic rings. The van der Waals surface area contributed by atoms with Crippen molar-refractivity contribution in [2.24, 2.45) is 5.41 Å². The van der Waals surface area contributed by atoms with Gasteiger partial charge in [0.05, 0.1) is 22.9 Å². The first kappa shape index (κ1) is 26.0. The summed E-state index contributed by atoms with van der Waals surface area (Å²) in [5.74, 6) is -1.42. The Hall–Kier alpha value is -2.58. The summed E-state index contributed by atoms with van der Waals surface area (Å²) >= 11 is 0. The monoisotopic (exact) mass is 490 g/mol. The Morgan fingerprint density at radius 1 is 1.12 bits per heavy atom. The predicted octanol–water partition coefficient (Wildman–Crippen LogP) is 3.71. The number of amides is 1. The molecule has 2 aromatic carbocycles. The molecule has 0 radical (unpaired) electrons. The van der Waals surface area contributed by atoms with Gasteiger partial charge in [0.15, 0.2) is 0 Å². The van der Waals surface area contributed by atoms with Crippen molar-refractivity contribution < 1.29 is 22.9 Å². The molecule has 0 aromatic heterocycles. The Balaban J connectivity index is 1.76. The molecule has 0 bridgehead atoms. The molecular formula is C26H32F2N2O3S. The van der Waals surface area contributed by atoms with Gasteiger partial charge in [-0.3, -0.25) is 9.00 Å². The summed E-state index contributed by atoms with van der Waals surface area (Å²) in [7, 11) is -1.14. The predicted molar refractivity (Wildman–Crippen MR) is 131 cm³/mol. The number of halogens is 2. The van der Waals surface area contributed by atoms with Gasteiger partial charge in [-0.25, -0.2) is 8.78 Å². The lowest BCUT2D eigenvalue weighted by molar-refractivity contribution is -0.120. The van der Waals surface area contributed by atoms with Crippen LogP contribution < -0.4 is 10.6 Å². The van der Waals surface area contributed by atoms with Crippen LogP contribution in [-0.2, 0) is 28.4 Å². The Morgan fingerprint density at radius 2 is 1.79 bits per heavy atom. The van der Waals surface area contributed by atoms with Crippen molar-refractivity contribution in [3.8, 4) is 0 Å². The lowest BCUT2D eigenvalue weighted by atomic mass is 9.87. The summed E-state index contributed by atoms with van der Waals surface area (Å²) in [6.45, 7) is 7.88. The van der Waals surface area contributed by atoms with Crippen molar-refractivity contribution >= 4 is 22.4 Å². The van der Waals surface area contributed by atoms with Crippen molar-refractivity contribution in [1.82, 2.24) is 10.6 Å². The van der Waals surface area contributed by atoms with E-state index >= 15 is 0 Å². The Morgan fingerprint density at radius 3 is 2.41 bits per heavy atom. The second-order valence-corrected chi connectivity index (χ2v) is 11.4. The Kier molecular flexibility index (Phi) is 8.25. The van der Waals surface area contributed by atoms with E-state index < -0.39 is 34.6 Å². The zero-order valence-electron chi connectivity index (χ0n) is 20.0. The molecule has 3 N–H and O–H groups in total. The molecule has 1 amide bonds. The first-order valence-corrected chi connectivity index (χ1v) is 12.6. The maximum absolute atomic E-state index is 13.6. The highest BCUT2D eigenvalue weighted by molar-refractivity contribution is 7.85. The minimum atomic E-state index is -1.14. The smallest absolute Gasteiger partial charge is 0.217 e. The van der Waals surface area contributed by atoms with Crippen LogP contribution in [0.1, 0.15) is 44.4 Å². The van der Waals surface area contributed by atoms with E-state index in [1.165, 1.54) is 19.1 Å². The topological polar surface area (TPSA) is 78.4 Å². The maximum Gasteiger partial charge on any atom is 0.217 e. The van der Waals surface area contributed by atoms with Crippen LogP contribution in [-0.4, -0.2) is 39.7 Å². The van der Waals surface area contributed by atoms with E-state index in [1.807, 2.05) is 24.3 Å². The van der Waals surface area contributed by atoms with E-state index in [0.29, 0.717) is 11.3 Å². The van der Waals surface area contributed by atoms with Crippen molar-refractivity contribution in [3.05, 3.63) is 70.8 Å². The highest BCUT2D eigenvalue weighted by Crippen LogP contribution is 2.29. The number of nitrogens with one attached hydrogen (secondary N) is 2. The van der Waals surface area contributed by atoms with Gasteiger partial charge in [0.1, 0.15) is 11.6 Å². The lowest BCUT2D eigenvalue weighted by Crippen LogP contribution is -2.48. The van der Waals surface area contributed by atoms with Crippen LogP contribution in [0.5, 0.6) is 0 Å².